The number of anilines is 1. The molecule has 1 amide bonds. The lowest BCUT2D eigenvalue weighted by atomic mass is 9.78. The minimum atomic E-state index is -1.37. The predicted octanol–water partition coefficient (Wildman–Crippen LogP) is 3.81. The van der Waals surface area contributed by atoms with E-state index in [1.807, 2.05) is 0 Å². The average molecular weight is 509 g/mol. The van der Waals surface area contributed by atoms with Crippen LogP contribution >= 0.6 is 0 Å². The van der Waals surface area contributed by atoms with Gasteiger partial charge in [0.05, 0.1) is 18.1 Å². The highest BCUT2D eigenvalue weighted by atomic mass is 19.1. The van der Waals surface area contributed by atoms with E-state index in [1.54, 1.807) is 0 Å². The fourth-order valence-corrected chi connectivity index (χ4v) is 6.10. The van der Waals surface area contributed by atoms with Crippen molar-refractivity contribution in [3.8, 4) is 6.07 Å². The van der Waals surface area contributed by atoms with Gasteiger partial charge in [-0.15, -0.1) is 0 Å². The van der Waals surface area contributed by atoms with Gasteiger partial charge in [-0.05, 0) is 62.3 Å². The highest BCUT2D eigenvalue weighted by molar-refractivity contribution is 5.93. The van der Waals surface area contributed by atoms with Crippen molar-refractivity contribution in [3.63, 3.8) is 0 Å². The van der Waals surface area contributed by atoms with E-state index in [1.165, 1.54) is 16.4 Å². The van der Waals surface area contributed by atoms with Crippen LogP contribution in [-0.4, -0.2) is 51.5 Å². The maximum Gasteiger partial charge on any atom is 0.228 e. The first-order chi connectivity index (χ1) is 17.9. The normalized spacial score (nSPS) is 29.4. The van der Waals surface area contributed by atoms with E-state index in [9.17, 15) is 15.2 Å². The number of aliphatic hydroxyl groups is 1. The molecule has 3 fully saturated rings. The number of nitrogens with two attached hydrogens (primary N) is 1. The number of nitrogens with one attached hydrogen (secondary N) is 1. The smallest absolute Gasteiger partial charge is 0.228 e. The fraction of sp³-hybridized carbons (Fsp3) is 0.607. The summed E-state index contributed by atoms with van der Waals surface area (Å²) >= 11 is 0. The summed E-state index contributed by atoms with van der Waals surface area (Å²) < 4.78 is 17.4. The Labute approximate surface area is 217 Å². The zero-order valence-corrected chi connectivity index (χ0v) is 21.2. The zero-order valence-electron chi connectivity index (χ0n) is 21.2. The number of hydrogen-bond donors (Lipinski definition) is 3. The summed E-state index contributed by atoms with van der Waals surface area (Å²) in [5.41, 5.74) is 6.22. The van der Waals surface area contributed by atoms with Crippen LogP contribution in [0.4, 0.5) is 10.2 Å². The van der Waals surface area contributed by atoms with Crippen LogP contribution in [0.15, 0.2) is 36.5 Å². The van der Waals surface area contributed by atoms with E-state index in [4.69, 9.17) is 5.73 Å². The van der Waals surface area contributed by atoms with Crippen molar-refractivity contribution in [1.29, 1.82) is 5.26 Å². The maximum atomic E-state index is 16.0. The molecule has 0 radical (unpaired) electrons. The molecule has 2 aliphatic carbocycles. The van der Waals surface area contributed by atoms with Crippen molar-refractivity contribution in [3.05, 3.63) is 47.7 Å². The molecule has 1 aliphatic heterocycles. The van der Waals surface area contributed by atoms with E-state index >= 15 is 4.39 Å². The molecule has 1 aromatic carbocycles. The summed E-state index contributed by atoms with van der Waals surface area (Å²) in [6, 6.07) is 12.8. The van der Waals surface area contributed by atoms with Crippen LogP contribution in [0.1, 0.15) is 74.6 Å². The second-order valence-corrected chi connectivity index (χ2v) is 11.1. The molecule has 3 atom stereocenters. The first-order valence-electron chi connectivity index (χ1n) is 13.5. The largest absolute Gasteiger partial charge is 0.374 e. The molecule has 4 N–H and O–H groups in total. The van der Waals surface area contributed by atoms with Crippen LogP contribution in [-0.2, 0) is 10.3 Å². The Kier molecular flexibility index (Phi) is 7.61. The number of rotatable bonds is 8. The molecule has 198 valence electrons. The van der Waals surface area contributed by atoms with Crippen molar-refractivity contribution in [1.82, 2.24) is 14.7 Å². The topological polar surface area (TPSA) is 120 Å². The summed E-state index contributed by atoms with van der Waals surface area (Å²) in [7, 11) is 0. The molecule has 1 saturated heterocycles. The minimum absolute atomic E-state index is 0.0536. The molecule has 2 heterocycles. The van der Waals surface area contributed by atoms with Crippen molar-refractivity contribution in [2.75, 3.05) is 25.0 Å². The van der Waals surface area contributed by atoms with Gasteiger partial charge >= 0.3 is 0 Å². The molecule has 3 aliphatic rings. The molecule has 2 saturated carbocycles. The molecular weight excluding hydrogens is 471 g/mol. The number of aromatic nitrogens is 2. The first-order valence-corrected chi connectivity index (χ1v) is 13.5. The molecule has 1 aromatic heterocycles. The second kappa shape index (κ2) is 10.9. The van der Waals surface area contributed by atoms with E-state index in [-0.39, 0.29) is 36.2 Å². The second-order valence-electron chi connectivity index (χ2n) is 11.1. The summed E-state index contributed by atoms with van der Waals surface area (Å²) in [6.07, 6.45) is 5.40. The lowest BCUT2D eigenvalue weighted by Crippen LogP contribution is -2.55. The Balaban J connectivity index is 1.24. The SMILES string of the molecule is N#CCC1(n2cc(C(N)O)c(NC(=O)C3CC3)n2)CCN(CC2CCC(c3ccccc3)CC2)CC1F. The molecule has 2 aromatic rings. The summed E-state index contributed by atoms with van der Waals surface area (Å²) in [4.78, 5) is 14.5. The molecule has 37 heavy (non-hydrogen) atoms. The van der Waals surface area contributed by atoms with Gasteiger partial charge in [-0.2, -0.15) is 10.4 Å². The molecule has 5 rings (SSSR count). The molecular formula is C28H37FN6O2. The third-order valence-corrected chi connectivity index (χ3v) is 8.59. The number of nitriles is 1. The van der Waals surface area contributed by atoms with E-state index < -0.39 is 17.9 Å². The Morgan fingerprint density at radius 2 is 1.97 bits per heavy atom. The third kappa shape index (κ3) is 5.57. The van der Waals surface area contributed by atoms with Gasteiger partial charge in [0.25, 0.3) is 0 Å². The van der Waals surface area contributed by atoms with Gasteiger partial charge in [0.2, 0.25) is 5.91 Å². The van der Waals surface area contributed by atoms with Gasteiger partial charge in [0.15, 0.2) is 5.82 Å². The number of likely N-dealkylation sites (tertiary alicyclic amines) is 1. The van der Waals surface area contributed by atoms with Crippen molar-refractivity contribution < 1.29 is 14.3 Å². The number of benzene rings is 1. The monoisotopic (exact) mass is 508 g/mol. The number of carbonyl (C=O) groups is 1. The van der Waals surface area contributed by atoms with Gasteiger partial charge < -0.3 is 16.2 Å². The van der Waals surface area contributed by atoms with E-state index in [0.29, 0.717) is 24.8 Å². The molecule has 3 unspecified atom stereocenters. The maximum absolute atomic E-state index is 16.0. The Hall–Kier alpha value is -2.80. The third-order valence-electron chi connectivity index (χ3n) is 8.59. The molecule has 9 heteroatoms. The number of alkyl halides is 1. The van der Waals surface area contributed by atoms with Crippen molar-refractivity contribution in [2.24, 2.45) is 17.6 Å². The zero-order chi connectivity index (χ0) is 26.0. The van der Waals surface area contributed by atoms with Gasteiger partial charge in [0, 0.05) is 31.7 Å². The Morgan fingerprint density at radius 3 is 2.59 bits per heavy atom. The van der Waals surface area contributed by atoms with Gasteiger partial charge in [0.1, 0.15) is 17.9 Å². The van der Waals surface area contributed by atoms with Crippen LogP contribution < -0.4 is 11.1 Å². The van der Waals surface area contributed by atoms with Crippen LogP contribution in [0.2, 0.25) is 0 Å². The highest BCUT2D eigenvalue weighted by Crippen LogP contribution is 2.40. The highest BCUT2D eigenvalue weighted by Gasteiger charge is 2.47. The van der Waals surface area contributed by atoms with Gasteiger partial charge in [-0.1, -0.05) is 30.3 Å². The fourth-order valence-electron chi connectivity index (χ4n) is 6.10. The lowest BCUT2D eigenvalue weighted by Gasteiger charge is -2.44. The van der Waals surface area contributed by atoms with Gasteiger partial charge in [-0.3, -0.25) is 14.4 Å². The molecule has 8 nitrogen and oxygen atoms in total. The molecule has 0 spiro atoms. The quantitative estimate of drug-likeness (QED) is 0.467. The Morgan fingerprint density at radius 1 is 1.24 bits per heavy atom. The average Bonchev–Trinajstić information content (AvgIpc) is 3.67. The molecule has 0 bridgehead atoms. The van der Waals surface area contributed by atoms with Crippen LogP contribution in [0, 0.1) is 23.2 Å². The summed E-state index contributed by atoms with van der Waals surface area (Å²) in [5.74, 6) is 1.08. The number of hydrogen-bond acceptors (Lipinski definition) is 6. The number of carbonyl (C=O) groups excluding carboxylic acids is 1. The summed E-state index contributed by atoms with van der Waals surface area (Å²) in [6.45, 7) is 1.74. The van der Waals surface area contributed by atoms with Crippen LogP contribution in [0.3, 0.4) is 0 Å². The van der Waals surface area contributed by atoms with Crippen molar-refractivity contribution in [2.45, 2.75) is 75.2 Å². The van der Waals surface area contributed by atoms with Crippen LogP contribution in [0.5, 0.6) is 0 Å². The number of nitrogens with zero attached hydrogens (tertiary/aromatic N) is 4. The number of amides is 1. The lowest BCUT2D eigenvalue weighted by molar-refractivity contribution is -0.117. The van der Waals surface area contributed by atoms with Gasteiger partial charge in [-0.25, -0.2) is 4.39 Å². The number of halogens is 1. The number of piperidine rings is 1. The van der Waals surface area contributed by atoms with E-state index in [0.717, 1.165) is 45.1 Å². The summed E-state index contributed by atoms with van der Waals surface area (Å²) in [5, 5.41) is 26.9. The Bertz CT molecular complexity index is 1120. The number of aliphatic hydroxyl groups excluding tert-OH is 1. The van der Waals surface area contributed by atoms with Crippen molar-refractivity contribution >= 4 is 11.7 Å². The van der Waals surface area contributed by atoms with Crippen LogP contribution in [0.25, 0.3) is 0 Å². The van der Waals surface area contributed by atoms with E-state index in [2.05, 4.69) is 51.7 Å². The predicted molar refractivity (Wildman–Crippen MR) is 138 cm³/mol. The standard InChI is InChI=1S/C28H37FN6O2/c29-24-18-34(16-19-6-8-21(9-7-19)20-4-2-1-3-5-20)15-13-28(24,12-14-30)35-17-23(25(31)36)26(33-35)32-27(37)22-10-11-22/h1-5,17,19,21-22,24-25,36H,6-13,15-16,18,31H2,(H,32,33,37). The first kappa shape index (κ1) is 25.8. The minimum Gasteiger partial charge on any atom is -0.374 e.